The number of hydrogen-bond donors (Lipinski definition) is 1. The first-order valence-electron chi connectivity index (χ1n) is 6.50. The summed E-state index contributed by atoms with van der Waals surface area (Å²) in [6.45, 7) is 0. The minimum absolute atomic E-state index is 0.568. The molecule has 102 valence electrons. The van der Waals surface area contributed by atoms with Crippen LogP contribution in [0.15, 0.2) is 48.9 Å². The van der Waals surface area contributed by atoms with Crippen LogP contribution in [0.2, 0.25) is 0 Å². The van der Waals surface area contributed by atoms with Crippen LogP contribution in [0.1, 0.15) is 11.1 Å². The van der Waals surface area contributed by atoms with E-state index in [9.17, 15) is 5.26 Å². The molecule has 0 unspecified atom stereocenters. The van der Waals surface area contributed by atoms with Crippen LogP contribution in [0, 0.1) is 11.3 Å². The van der Waals surface area contributed by atoms with Gasteiger partial charge in [0.2, 0.25) is 0 Å². The topological polar surface area (TPSA) is 61.7 Å². The van der Waals surface area contributed by atoms with Crippen molar-refractivity contribution in [2.45, 2.75) is 0 Å². The number of nitrogens with zero attached hydrogens (tertiary/aromatic N) is 2. The van der Waals surface area contributed by atoms with Crippen molar-refractivity contribution < 1.29 is 4.74 Å². The first-order chi connectivity index (χ1) is 10.3. The normalized spacial score (nSPS) is 11.3. The molecule has 0 amide bonds. The number of H-pyrrole nitrogens is 1. The van der Waals surface area contributed by atoms with Crippen molar-refractivity contribution >= 4 is 22.6 Å². The zero-order valence-corrected chi connectivity index (χ0v) is 11.5. The maximum Gasteiger partial charge on any atom is 0.128 e. The summed E-state index contributed by atoms with van der Waals surface area (Å²) in [4.78, 5) is 7.24. The van der Waals surface area contributed by atoms with Crippen LogP contribution in [0.25, 0.3) is 22.6 Å². The number of benzene rings is 1. The number of methoxy groups -OCH3 is 1. The molecule has 0 saturated heterocycles. The third kappa shape index (κ3) is 2.37. The Morgan fingerprint density at radius 2 is 2.24 bits per heavy atom. The largest absolute Gasteiger partial charge is 0.496 e. The van der Waals surface area contributed by atoms with Gasteiger partial charge in [-0.2, -0.15) is 5.26 Å². The molecule has 0 fully saturated rings. The molecule has 3 aromatic rings. The smallest absolute Gasteiger partial charge is 0.128 e. The van der Waals surface area contributed by atoms with E-state index in [1.807, 2.05) is 42.6 Å². The Morgan fingerprint density at radius 1 is 1.33 bits per heavy atom. The molecule has 4 heteroatoms. The van der Waals surface area contributed by atoms with Gasteiger partial charge in [0.1, 0.15) is 5.75 Å². The van der Waals surface area contributed by atoms with Crippen molar-refractivity contribution in [1.29, 1.82) is 5.26 Å². The highest BCUT2D eigenvalue weighted by Gasteiger charge is 2.12. The van der Waals surface area contributed by atoms with Crippen molar-refractivity contribution in [3.05, 3.63) is 60.0 Å². The van der Waals surface area contributed by atoms with E-state index < -0.39 is 0 Å². The first kappa shape index (κ1) is 12.9. The van der Waals surface area contributed by atoms with E-state index in [4.69, 9.17) is 4.74 Å². The van der Waals surface area contributed by atoms with Gasteiger partial charge in [-0.3, -0.25) is 4.98 Å². The van der Waals surface area contributed by atoms with Gasteiger partial charge in [0.05, 0.1) is 24.1 Å². The van der Waals surface area contributed by atoms with Crippen LogP contribution in [-0.4, -0.2) is 17.1 Å². The van der Waals surface area contributed by atoms with Crippen LogP contribution < -0.4 is 4.74 Å². The van der Waals surface area contributed by atoms with Crippen LogP contribution in [0.3, 0.4) is 0 Å². The molecule has 2 aromatic heterocycles. The van der Waals surface area contributed by atoms with Crippen molar-refractivity contribution in [3.8, 4) is 11.8 Å². The molecule has 1 aromatic carbocycles. The molecule has 0 aliphatic carbocycles. The molecule has 0 radical (unpaired) electrons. The lowest BCUT2D eigenvalue weighted by Gasteiger charge is -2.04. The van der Waals surface area contributed by atoms with Crippen molar-refractivity contribution in [2.24, 2.45) is 0 Å². The fourth-order valence-corrected chi connectivity index (χ4v) is 2.33. The number of rotatable bonds is 3. The highest BCUT2D eigenvalue weighted by Crippen LogP contribution is 2.33. The van der Waals surface area contributed by atoms with Gasteiger partial charge in [0, 0.05) is 29.7 Å². The number of hydrogen-bond acceptors (Lipinski definition) is 3. The number of fused-ring (bicyclic) bond motifs is 1. The molecule has 0 aliphatic rings. The average Bonchev–Trinajstić information content (AvgIpc) is 2.97. The lowest BCUT2D eigenvalue weighted by Crippen LogP contribution is -1.86. The number of allylic oxidation sites excluding steroid dienone is 1. The van der Waals surface area contributed by atoms with Gasteiger partial charge < -0.3 is 9.72 Å². The first-order valence-corrected chi connectivity index (χ1v) is 6.50. The lowest BCUT2D eigenvalue weighted by atomic mass is 10.0. The summed E-state index contributed by atoms with van der Waals surface area (Å²) in [7, 11) is 1.63. The maximum absolute atomic E-state index is 9.49. The second-order valence-corrected chi connectivity index (χ2v) is 4.54. The Morgan fingerprint density at radius 3 is 2.95 bits per heavy atom. The number of aromatic amines is 1. The van der Waals surface area contributed by atoms with Gasteiger partial charge in [-0.15, -0.1) is 0 Å². The lowest BCUT2D eigenvalue weighted by molar-refractivity contribution is 0.420. The van der Waals surface area contributed by atoms with E-state index in [1.165, 1.54) is 0 Å². The van der Waals surface area contributed by atoms with Gasteiger partial charge in [0.15, 0.2) is 0 Å². The zero-order chi connectivity index (χ0) is 14.7. The number of nitriles is 1. The van der Waals surface area contributed by atoms with Gasteiger partial charge in [-0.1, -0.05) is 12.1 Å². The van der Waals surface area contributed by atoms with Crippen LogP contribution in [0.4, 0.5) is 0 Å². The van der Waals surface area contributed by atoms with E-state index in [0.29, 0.717) is 5.57 Å². The van der Waals surface area contributed by atoms with Gasteiger partial charge >= 0.3 is 0 Å². The van der Waals surface area contributed by atoms with Crippen LogP contribution in [-0.2, 0) is 0 Å². The predicted molar refractivity (Wildman–Crippen MR) is 82.6 cm³/mol. The molecule has 0 saturated carbocycles. The van der Waals surface area contributed by atoms with Crippen LogP contribution >= 0.6 is 0 Å². The van der Waals surface area contributed by atoms with Crippen molar-refractivity contribution in [1.82, 2.24) is 9.97 Å². The minimum atomic E-state index is 0.568. The summed E-state index contributed by atoms with van der Waals surface area (Å²) >= 11 is 0. The third-order valence-electron chi connectivity index (χ3n) is 3.29. The molecule has 4 nitrogen and oxygen atoms in total. The Labute approximate surface area is 122 Å². The summed E-state index contributed by atoms with van der Waals surface area (Å²) in [5.41, 5.74) is 3.22. The fourth-order valence-electron chi connectivity index (χ4n) is 2.33. The molecule has 1 N–H and O–H groups in total. The number of aromatic nitrogens is 2. The van der Waals surface area contributed by atoms with Gasteiger partial charge in [-0.05, 0) is 29.8 Å². The maximum atomic E-state index is 9.49. The van der Waals surface area contributed by atoms with Crippen LogP contribution in [0.5, 0.6) is 5.75 Å². The predicted octanol–water partition coefficient (Wildman–Crippen LogP) is 3.64. The molecule has 0 atom stereocenters. The van der Waals surface area contributed by atoms with E-state index in [2.05, 4.69) is 16.0 Å². The molecular weight excluding hydrogens is 262 g/mol. The standard InChI is InChI=1S/C17H13N3O/c1-21-16-6-2-5-15-17(16)14(11-20-15)13(9-18)8-12-4-3-7-19-10-12/h2-8,10-11,20H,1H3/b13-8+. The second kappa shape index (κ2) is 5.51. The summed E-state index contributed by atoms with van der Waals surface area (Å²) in [6, 6.07) is 11.8. The summed E-state index contributed by atoms with van der Waals surface area (Å²) in [5.74, 6) is 0.746. The monoisotopic (exact) mass is 275 g/mol. The Hall–Kier alpha value is -3.06. The SMILES string of the molecule is COc1cccc2[nH]cc(/C(C#N)=C/c3cccnc3)c12. The minimum Gasteiger partial charge on any atom is -0.496 e. The van der Waals surface area contributed by atoms with E-state index in [1.54, 1.807) is 19.5 Å². The molecule has 0 aliphatic heterocycles. The second-order valence-electron chi connectivity index (χ2n) is 4.54. The Kier molecular flexibility index (Phi) is 3.40. The van der Waals surface area contributed by atoms with E-state index in [0.717, 1.165) is 27.8 Å². The summed E-state index contributed by atoms with van der Waals surface area (Å²) < 4.78 is 5.40. The molecule has 0 bridgehead atoms. The highest BCUT2D eigenvalue weighted by atomic mass is 16.5. The van der Waals surface area contributed by atoms with Gasteiger partial charge in [0.25, 0.3) is 0 Å². The molecule has 21 heavy (non-hydrogen) atoms. The van der Waals surface area contributed by atoms with Crippen molar-refractivity contribution in [2.75, 3.05) is 7.11 Å². The number of ether oxygens (including phenoxy) is 1. The average molecular weight is 275 g/mol. The van der Waals surface area contributed by atoms with Crippen molar-refractivity contribution in [3.63, 3.8) is 0 Å². The van der Waals surface area contributed by atoms with E-state index >= 15 is 0 Å². The molecule has 3 rings (SSSR count). The fraction of sp³-hybridized carbons (Fsp3) is 0.0588. The number of nitrogens with one attached hydrogen (secondary N) is 1. The molecule has 2 heterocycles. The summed E-state index contributed by atoms with van der Waals surface area (Å²) in [5, 5.41) is 10.4. The van der Waals surface area contributed by atoms with E-state index in [-0.39, 0.29) is 0 Å². The third-order valence-corrected chi connectivity index (χ3v) is 3.29. The van der Waals surface area contributed by atoms with Gasteiger partial charge in [-0.25, -0.2) is 0 Å². The quantitative estimate of drug-likeness (QED) is 0.742. The molecular formula is C17H13N3O. The highest BCUT2D eigenvalue weighted by molar-refractivity contribution is 6.03. The zero-order valence-electron chi connectivity index (χ0n) is 11.5. The Balaban J connectivity index is 2.19. The molecule has 0 spiro atoms. The Bertz CT molecular complexity index is 841. The summed E-state index contributed by atoms with van der Waals surface area (Å²) in [6.07, 6.45) is 7.09. The number of pyridine rings is 1.